The molecule has 6 nitrogen and oxygen atoms in total. The predicted octanol–water partition coefficient (Wildman–Crippen LogP) is 3.62. The molecule has 2 heterocycles. The number of para-hydroxylation sites is 1. The summed E-state index contributed by atoms with van der Waals surface area (Å²) in [6, 6.07) is 11.8. The van der Waals surface area contributed by atoms with E-state index < -0.39 is 0 Å². The largest absolute Gasteiger partial charge is 0.486 e. The van der Waals surface area contributed by atoms with Crippen molar-refractivity contribution in [2.75, 3.05) is 51.5 Å². The maximum absolute atomic E-state index is 12.7. The Morgan fingerprint density at radius 1 is 1.13 bits per heavy atom. The van der Waals surface area contributed by atoms with Crippen LogP contribution in [0.25, 0.3) is 6.08 Å². The zero-order valence-electron chi connectivity index (χ0n) is 17.0. The first kappa shape index (κ1) is 20.6. The van der Waals surface area contributed by atoms with Gasteiger partial charge >= 0.3 is 0 Å². The van der Waals surface area contributed by atoms with Crippen molar-refractivity contribution in [1.29, 1.82) is 0 Å². The van der Waals surface area contributed by atoms with Crippen molar-refractivity contribution in [3.05, 3.63) is 58.6 Å². The van der Waals surface area contributed by atoms with Gasteiger partial charge in [-0.2, -0.15) is 0 Å². The van der Waals surface area contributed by atoms with Crippen molar-refractivity contribution >= 4 is 29.3 Å². The summed E-state index contributed by atoms with van der Waals surface area (Å²) in [5, 5.41) is 0.479. The molecule has 2 aliphatic rings. The molecule has 2 aromatic rings. The molecule has 0 atom stereocenters. The summed E-state index contributed by atoms with van der Waals surface area (Å²) in [5.74, 6) is 1.08. The minimum absolute atomic E-state index is 0.0854. The van der Waals surface area contributed by atoms with E-state index in [2.05, 4.69) is 17.0 Å². The number of fused-ring (bicyclic) bond motifs is 1. The van der Waals surface area contributed by atoms with E-state index in [1.165, 1.54) is 0 Å². The van der Waals surface area contributed by atoms with Crippen LogP contribution in [-0.4, -0.2) is 57.4 Å². The van der Waals surface area contributed by atoms with Crippen molar-refractivity contribution in [1.82, 2.24) is 4.90 Å². The highest BCUT2D eigenvalue weighted by Gasteiger charge is 2.18. The first-order chi connectivity index (χ1) is 14.6. The van der Waals surface area contributed by atoms with Crippen molar-refractivity contribution in [2.24, 2.45) is 0 Å². The number of morpholine rings is 1. The zero-order chi connectivity index (χ0) is 20.9. The molecule has 7 heteroatoms. The quantitative estimate of drug-likeness (QED) is 0.681. The van der Waals surface area contributed by atoms with Crippen LogP contribution in [0.2, 0.25) is 5.02 Å². The molecule has 1 amide bonds. The standard InChI is InChI=1S/C23H25ClN2O4/c1-25(16-18-4-2-3-5-20(18)26-8-10-28-11-9-26)22(27)7-6-17-14-19(24)23-21(15-17)29-12-13-30-23/h2-7,14-15H,8-13,16H2,1H3/b7-6+. The molecule has 0 saturated carbocycles. The van der Waals surface area contributed by atoms with Crippen molar-refractivity contribution in [3.8, 4) is 11.5 Å². The van der Waals surface area contributed by atoms with Crippen molar-refractivity contribution < 1.29 is 19.0 Å². The molecule has 30 heavy (non-hydrogen) atoms. The fraction of sp³-hybridized carbons (Fsp3) is 0.348. The van der Waals surface area contributed by atoms with Crippen LogP contribution in [0, 0.1) is 0 Å². The SMILES string of the molecule is CN(Cc1ccccc1N1CCOCC1)C(=O)/C=C/c1cc(Cl)c2c(c1)OCCO2. The Morgan fingerprint density at radius 2 is 1.90 bits per heavy atom. The van der Waals surface area contributed by atoms with Crippen LogP contribution in [0.3, 0.4) is 0 Å². The number of hydrogen-bond donors (Lipinski definition) is 0. The van der Waals surface area contributed by atoms with E-state index >= 15 is 0 Å². The molecular formula is C23H25ClN2O4. The topological polar surface area (TPSA) is 51.2 Å². The van der Waals surface area contributed by atoms with E-state index in [4.69, 9.17) is 25.8 Å². The number of rotatable bonds is 5. The van der Waals surface area contributed by atoms with Gasteiger partial charge in [0.25, 0.3) is 0 Å². The Kier molecular flexibility index (Phi) is 6.45. The lowest BCUT2D eigenvalue weighted by atomic mass is 10.1. The molecule has 0 bridgehead atoms. The summed E-state index contributed by atoms with van der Waals surface area (Å²) >= 11 is 6.28. The molecule has 158 valence electrons. The Balaban J connectivity index is 1.44. The lowest BCUT2D eigenvalue weighted by molar-refractivity contribution is -0.125. The maximum Gasteiger partial charge on any atom is 0.246 e. The molecule has 0 aliphatic carbocycles. The normalized spacial score (nSPS) is 16.0. The van der Waals surface area contributed by atoms with Gasteiger partial charge in [0.1, 0.15) is 13.2 Å². The second-order valence-electron chi connectivity index (χ2n) is 7.28. The minimum atomic E-state index is -0.0854. The molecule has 1 fully saturated rings. The number of amides is 1. The van der Waals surface area contributed by atoms with Gasteiger partial charge < -0.3 is 24.0 Å². The summed E-state index contributed by atoms with van der Waals surface area (Å²) in [7, 11) is 1.81. The van der Waals surface area contributed by atoms with Gasteiger partial charge in [-0.1, -0.05) is 29.8 Å². The molecule has 1 saturated heterocycles. The summed E-state index contributed by atoms with van der Waals surface area (Å²) in [6.07, 6.45) is 3.30. The third-order valence-corrected chi connectivity index (χ3v) is 5.45. The number of anilines is 1. The average molecular weight is 429 g/mol. The maximum atomic E-state index is 12.7. The number of likely N-dealkylation sites (N-methyl/N-ethyl adjacent to an activating group) is 1. The molecule has 2 aromatic carbocycles. The van der Waals surface area contributed by atoms with Crippen LogP contribution in [-0.2, 0) is 16.1 Å². The van der Waals surface area contributed by atoms with Gasteiger partial charge in [0.05, 0.1) is 18.2 Å². The number of hydrogen-bond acceptors (Lipinski definition) is 5. The number of carbonyl (C=O) groups excluding carboxylic acids is 1. The van der Waals surface area contributed by atoms with Crippen LogP contribution in [0.4, 0.5) is 5.69 Å². The van der Waals surface area contributed by atoms with Gasteiger partial charge in [0, 0.05) is 38.4 Å². The lowest BCUT2D eigenvalue weighted by Crippen LogP contribution is -2.37. The molecule has 0 unspecified atom stereocenters. The van der Waals surface area contributed by atoms with E-state index in [0.717, 1.165) is 43.1 Å². The van der Waals surface area contributed by atoms with E-state index in [1.807, 2.05) is 18.2 Å². The van der Waals surface area contributed by atoms with E-state index in [-0.39, 0.29) is 5.91 Å². The first-order valence-electron chi connectivity index (χ1n) is 10.0. The van der Waals surface area contributed by atoms with Crippen LogP contribution >= 0.6 is 11.6 Å². The van der Waals surface area contributed by atoms with Gasteiger partial charge in [-0.3, -0.25) is 4.79 Å². The zero-order valence-corrected chi connectivity index (χ0v) is 17.7. The van der Waals surface area contributed by atoms with Gasteiger partial charge in [-0.25, -0.2) is 0 Å². The van der Waals surface area contributed by atoms with Gasteiger partial charge in [-0.05, 0) is 35.4 Å². The number of halogens is 1. The van der Waals surface area contributed by atoms with Crippen LogP contribution in [0.15, 0.2) is 42.5 Å². The summed E-state index contributed by atoms with van der Waals surface area (Å²) in [6.45, 7) is 4.67. The average Bonchev–Trinajstić information content (AvgIpc) is 2.78. The van der Waals surface area contributed by atoms with Crippen molar-refractivity contribution in [2.45, 2.75) is 6.54 Å². The molecule has 0 spiro atoms. The second-order valence-corrected chi connectivity index (χ2v) is 7.69. The minimum Gasteiger partial charge on any atom is -0.486 e. The number of carbonyl (C=O) groups is 1. The summed E-state index contributed by atoms with van der Waals surface area (Å²) < 4.78 is 16.6. The molecule has 0 radical (unpaired) electrons. The summed E-state index contributed by atoms with van der Waals surface area (Å²) in [5.41, 5.74) is 3.06. The Labute approximate surface area is 181 Å². The Bertz CT molecular complexity index is 941. The van der Waals surface area contributed by atoms with Gasteiger partial charge in [-0.15, -0.1) is 0 Å². The fourth-order valence-electron chi connectivity index (χ4n) is 3.61. The molecule has 4 rings (SSSR count). The lowest BCUT2D eigenvalue weighted by Gasteiger charge is -2.31. The highest BCUT2D eigenvalue weighted by molar-refractivity contribution is 6.32. The van der Waals surface area contributed by atoms with Gasteiger partial charge in [0.2, 0.25) is 5.91 Å². The molecular weight excluding hydrogens is 404 g/mol. The highest BCUT2D eigenvalue weighted by Crippen LogP contribution is 2.38. The third-order valence-electron chi connectivity index (χ3n) is 5.16. The number of nitrogens with zero attached hydrogens (tertiary/aromatic N) is 2. The Morgan fingerprint density at radius 3 is 2.73 bits per heavy atom. The summed E-state index contributed by atoms with van der Waals surface area (Å²) in [4.78, 5) is 16.7. The van der Waals surface area contributed by atoms with E-state index in [0.29, 0.717) is 36.3 Å². The number of benzene rings is 2. The number of ether oxygens (including phenoxy) is 3. The smallest absolute Gasteiger partial charge is 0.246 e. The monoisotopic (exact) mass is 428 g/mol. The highest BCUT2D eigenvalue weighted by atomic mass is 35.5. The second kappa shape index (κ2) is 9.41. The molecule has 0 N–H and O–H groups in total. The first-order valence-corrected chi connectivity index (χ1v) is 10.4. The van der Waals surface area contributed by atoms with Gasteiger partial charge in [0.15, 0.2) is 11.5 Å². The van der Waals surface area contributed by atoms with Crippen molar-refractivity contribution in [3.63, 3.8) is 0 Å². The third kappa shape index (κ3) is 4.71. The molecule has 2 aliphatic heterocycles. The van der Waals surface area contributed by atoms with Crippen LogP contribution < -0.4 is 14.4 Å². The van der Waals surface area contributed by atoms with Crippen LogP contribution in [0.1, 0.15) is 11.1 Å². The predicted molar refractivity (Wildman–Crippen MR) is 117 cm³/mol. The van der Waals surface area contributed by atoms with E-state index in [1.54, 1.807) is 30.2 Å². The fourth-order valence-corrected chi connectivity index (χ4v) is 3.89. The molecule has 0 aromatic heterocycles. The van der Waals surface area contributed by atoms with E-state index in [9.17, 15) is 4.79 Å². The van der Waals surface area contributed by atoms with Crippen LogP contribution in [0.5, 0.6) is 11.5 Å². The Hall–Kier alpha value is -2.70.